The Balaban J connectivity index is 1.40. The zero-order valence-electron chi connectivity index (χ0n) is 22.6. The van der Waals surface area contributed by atoms with Gasteiger partial charge < -0.3 is 0 Å². The summed E-state index contributed by atoms with van der Waals surface area (Å²) in [5.41, 5.74) is 1.76. The highest BCUT2D eigenvalue weighted by Gasteiger charge is 2.26. The molecule has 0 unspecified atom stereocenters. The van der Waals surface area contributed by atoms with Crippen LogP contribution in [-0.2, 0) is 0 Å². The van der Waals surface area contributed by atoms with Gasteiger partial charge >= 0.3 is 0 Å². The fourth-order valence-electron chi connectivity index (χ4n) is 3.18. The second-order valence-corrected chi connectivity index (χ2v) is 18.8. The first-order valence-corrected chi connectivity index (χ1v) is 18.6. The first-order valence-electron chi connectivity index (χ1n) is 12.1. The van der Waals surface area contributed by atoms with Crippen LogP contribution in [0.3, 0.4) is 0 Å². The molecule has 0 spiro atoms. The Hall–Kier alpha value is -0.0800. The summed E-state index contributed by atoms with van der Waals surface area (Å²) in [5.74, 6) is 0. The molecule has 0 aromatic carbocycles. The summed E-state index contributed by atoms with van der Waals surface area (Å²) in [7, 11) is 0. The molecule has 0 fully saturated rings. The zero-order chi connectivity index (χ0) is 27.4. The number of rotatable bonds is 7. The molecule has 4 aliphatic rings. The summed E-state index contributed by atoms with van der Waals surface area (Å²) < 4.78 is 5.45. The van der Waals surface area contributed by atoms with Crippen LogP contribution in [0.5, 0.6) is 0 Å². The molecular weight excluding hydrogens is 625 g/mol. The quantitative estimate of drug-likeness (QED) is 0.198. The largest absolute Gasteiger partial charge is 0.158 e. The van der Waals surface area contributed by atoms with E-state index in [1.54, 1.807) is 23.5 Å². The summed E-state index contributed by atoms with van der Waals surface area (Å²) in [6, 6.07) is 0. The normalized spacial score (nSPS) is 22.1. The van der Waals surface area contributed by atoms with Gasteiger partial charge in [0.1, 0.15) is 0 Å². The Kier molecular flexibility index (Phi) is 11.5. The minimum atomic E-state index is 0.759. The van der Waals surface area contributed by atoms with Crippen LogP contribution in [0, 0.1) is 0 Å². The SMILES string of the molecule is CCC(=N\N=C\C1=C(C)SC(=C2SC(C)=C(C)S2)S1)/C(CC)=N/N=C/C1=C(C)SC(=C2SC(C)=C(C)S2)S1. The summed E-state index contributed by atoms with van der Waals surface area (Å²) in [4.78, 5) is 10.5. The maximum Gasteiger partial charge on any atom is 0.0860 e. The number of allylic oxidation sites excluding steroid dienone is 8. The first-order chi connectivity index (χ1) is 18.2. The van der Waals surface area contributed by atoms with Crippen LogP contribution in [0.4, 0.5) is 0 Å². The van der Waals surface area contributed by atoms with Crippen molar-refractivity contribution in [3.63, 3.8) is 0 Å². The maximum absolute atomic E-state index is 4.55. The highest BCUT2D eigenvalue weighted by Crippen LogP contribution is 2.60. The van der Waals surface area contributed by atoms with Gasteiger partial charge in [0.2, 0.25) is 0 Å². The van der Waals surface area contributed by atoms with Gasteiger partial charge in [0, 0.05) is 19.6 Å². The van der Waals surface area contributed by atoms with Gasteiger partial charge in [-0.2, -0.15) is 20.4 Å². The Morgan fingerprint density at radius 3 is 1.08 bits per heavy atom. The average molecular weight is 655 g/mol. The van der Waals surface area contributed by atoms with Crippen molar-refractivity contribution in [1.82, 2.24) is 0 Å². The maximum atomic E-state index is 4.55. The Bertz CT molecular complexity index is 1200. The first kappa shape index (κ1) is 30.9. The molecule has 0 aromatic heterocycles. The van der Waals surface area contributed by atoms with E-state index in [2.05, 4.69) is 75.8 Å². The lowest BCUT2D eigenvalue weighted by atomic mass is 10.1. The summed E-state index contributed by atoms with van der Waals surface area (Å²) >= 11 is 14.8. The standard InChI is InChI=1S/C26H30N4S8/c1-9-19(29-27-11-21-17(7)35-25(37-21)23-31-13(3)14(4)32-23)20(10-2)30-28-12-22-18(8)36-26(38-22)24-33-15(5)16(6)34-24/h11-12H,9-10H2,1-8H3/b27-11+,28-12+,29-19+,30-20+. The van der Waals surface area contributed by atoms with Gasteiger partial charge in [0.25, 0.3) is 0 Å². The number of hydrogen-bond acceptors (Lipinski definition) is 12. The minimum absolute atomic E-state index is 0.759. The monoisotopic (exact) mass is 654 g/mol. The van der Waals surface area contributed by atoms with Crippen LogP contribution in [0.2, 0.25) is 0 Å². The molecule has 202 valence electrons. The van der Waals surface area contributed by atoms with Crippen molar-refractivity contribution in [3.05, 3.63) is 56.2 Å². The van der Waals surface area contributed by atoms with Crippen molar-refractivity contribution in [2.24, 2.45) is 20.4 Å². The van der Waals surface area contributed by atoms with Crippen molar-refractivity contribution in [2.45, 2.75) is 68.2 Å². The van der Waals surface area contributed by atoms with E-state index in [0.717, 1.165) is 34.1 Å². The fraction of sp³-hybridized carbons (Fsp3) is 0.385. The van der Waals surface area contributed by atoms with Gasteiger partial charge in [-0.1, -0.05) is 108 Å². The smallest absolute Gasteiger partial charge is 0.0860 e. The third-order valence-corrected chi connectivity index (χ3v) is 17.0. The van der Waals surface area contributed by atoms with E-state index in [1.165, 1.54) is 46.4 Å². The van der Waals surface area contributed by atoms with Crippen molar-refractivity contribution in [2.75, 3.05) is 0 Å². The molecule has 4 aliphatic heterocycles. The molecule has 38 heavy (non-hydrogen) atoms. The van der Waals surface area contributed by atoms with Crippen LogP contribution < -0.4 is 0 Å². The Labute approximate surface area is 260 Å². The molecule has 4 nitrogen and oxygen atoms in total. The van der Waals surface area contributed by atoms with Gasteiger partial charge in [0.05, 0.1) is 40.8 Å². The second-order valence-electron chi connectivity index (χ2n) is 8.32. The van der Waals surface area contributed by atoms with Gasteiger partial charge in [-0.25, -0.2) is 0 Å². The molecule has 4 rings (SSSR count). The molecule has 0 atom stereocenters. The number of hydrogen-bond donors (Lipinski definition) is 0. The van der Waals surface area contributed by atoms with Gasteiger partial charge in [0.15, 0.2) is 0 Å². The molecule has 0 saturated carbocycles. The lowest BCUT2D eigenvalue weighted by Gasteiger charge is -2.02. The summed E-state index contributed by atoms with van der Waals surface area (Å²) in [5, 5.41) is 18.0. The van der Waals surface area contributed by atoms with Crippen LogP contribution in [-0.4, -0.2) is 23.9 Å². The molecule has 0 bridgehead atoms. The van der Waals surface area contributed by atoms with Crippen molar-refractivity contribution in [1.29, 1.82) is 0 Å². The van der Waals surface area contributed by atoms with E-state index < -0.39 is 0 Å². The van der Waals surface area contributed by atoms with E-state index in [0.29, 0.717) is 0 Å². The third-order valence-electron chi connectivity index (χ3n) is 5.61. The van der Waals surface area contributed by atoms with E-state index in [4.69, 9.17) is 0 Å². The predicted octanol–water partition coefficient (Wildman–Crippen LogP) is 11.8. The fourth-order valence-corrected chi connectivity index (χ4v) is 13.7. The number of thioether (sulfide) groups is 8. The lowest BCUT2D eigenvalue weighted by Crippen LogP contribution is -2.11. The van der Waals surface area contributed by atoms with E-state index in [1.807, 2.05) is 83.0 Å². The van der Waals surface area contributed by atoms with E-state index >= 15 is 0 Å². The van der Waals surface area contributed by atoms with E-state index in [9.17, 15) is 0 Å². The Morgan fingerprint density at radius 1 is 0.474 bits per heavy atom. The van der Waals surface area contributed by atoms with Gasteiger partial charge in [-0.15, -0.1) is 0 Å². The van der Waals surface area contributed by atoms with Crippen molar-refractivity contribution in [3.8, 4) is 0 Å². The molecule has 0 radical (unpaired) electrons. The molecule has 0 aliphatic carbocycles. The average Bonchev–Trinajstić information content (AvgIpc) is 3.63. The zero-order valence-corrected chi connectivity index (χ0v) is 29.2. The van der Waals surface area contributed by atoms with Crippen LogP contribution in [0.1, 0.15) is 68.2 Å². The van der Waals surface area contributed by atoms with Gasteiger partial charge in [-0.05, 0) is 74.0 Å². The molecule has 0 aromatic rings. The summed E-state index contributed by atoms with van der Waals surface area (Å²) in [6.07, 6.45) is 5.29. The molecule has 0 N–H and O–H groups in total. The number of nitrogens with zero attached hydrogens (tertiary/aromatic N) is 4. The summed E-state index contributed by atoms with van der Waals surface area (Å²) in [6.45, 7) is 17.3. The molecule has 0 amide bonds. The predicted molar refractivity (Wildman–Crippen MR) is 189 cm³/mol. The molecule has 0 saturated heterocycles. The molecule has 12 heteroatoms. The van der Waals surface area contributed by atoms with Crippen LogP contribution in [0.15, 0.2) is 76.6 Å². The Morgan fingerprint density at radius 2 is 0.763 bits per heavy atom. The van der Waals surface area contributed by atoms with Crippen molar-refractivity contribution >= 4 is 118 Å². The lowest BCUT2D eigenvalue weighted by molar-refractivity contribution is 1.15. The van der Waals surface area contributed by atoms with Crippen LogP contribution >= 0.6 is 94.1 Å². The third kappa shape index (κ3) is 7.60. The van der Waals surface area contributed by atoms with E-state index in [-0.39, 0.29) is 0 Å². The van der Waals surface area contributed by atoms with Crippen molar-refractivity contribution < 1.29 is 0 Å². The molecular formula is C26H30N4S8. The minimum Gasteiger partial charge on any atom is -0.158 e. The topological polar surface area (TPSA) is 49.4 Å². The molecule has 4 heterocycles. The highest BCUT2D eigenvalue weighted by atomic mass is 32.2. The highest BCUT2D eigenvalue weighted by molar-refractivity contribution is 8.35. The second kappa shape index (κ2) is 14.2. The van der Waals surface area contributed by atoms with Gasteiger partial charge in [-0.3, -0.25) is 0 Å². The van der Waals surface area contributed by atoms with Crippen LogP contribution in [0.25, 0.3) is 0 Å².